The summed E-state index contributed by atoms with van der Waals surface area (Å²) in [5, 5.41) is 7.77. The molecule has 5 N–H and O–H groups in total. The van der Waals surface area contributed by atoms with Crippen molar-refractivity contribution >= 4 is 35.3 Å². The van der Waals surface area contributed by atoms with E-state index in [2.05, 4.69) is 16.0 Å². The molecule has 3 rings (SSSR count). The van der Waals surface area contributed by atoms with E-state index in [-0.39, 0.29) is 36.0 Å². The number of Topliss-reactive ketones (excluding diaryl/α,β-unsaturated/α-hetero) is 1. The first-order valence-corrected chi connectivity index (χ1v) is 15.8. The summed E-state index contributed by atoms with van der Waals surface area (Å²) in [5.41, 5.74) is 6.35. The Bertz CT molecular complexity index is 1260. The maximum absolute atomic E-state index is 13.8. The summed E-state index contributed by atoms with van der Waals surface area (Å²) in [6.45, 7) is 9.42. The highest BCUT2D eigenvalue weighted by atomic mass is 16.2. The van der Waals surface area contributed by atoms with Crippen LogP contribution in [0.4, 0.5) is 0 Å². The molecule has 12 nitrogen and oxygen atoms in total. The molecule has 0 radical (unpaired) electrons. The lowest BCUT2D eigenvalue weighted by Gasteiger charge is -2.35. The van der Waals surface area contributed by atoms with Crippen LogP contribution in [0.2, 0.25) is 0 Å². The highest BCUT2D eigenvalue weighted by molar-refractivity contribution is 6.38. The molecular formula is C33H50N6O6. The highest BCUT2D eigenvalue weighted by Gasteiger charge is 2.47. The van der Waals surface area contributed by atoms with E-state index in [1.54, 1.807) is 44.4 Å². The Balaban J connectivity index is 1.70. The minimum Gasteiger partial charge on any atom is -0.347 e. The van der Waals surface area contributed by atoms with Crippen LogP contribution in [-0.2, 0) is 28.8 Å². The highest BCUT2D eigenvalue weighted by Crippen LogP contribution is 2.35. The fourth-order valence-corrected chi connectivity index (χ4v) is 5.63. The molecular weight excluding hydrogens is 576 g/mol. The number of nitrogens with one attached hydrogen (secondary N) is 3. The van der Waals surface area contributed by atoms with E-state index in [4.69, 9.17) is 5.73 Å². The van der Waals surface area contributed by atoms with Gasteiger partial charge in [0.2, 0.25) is 29.4 Å². The van der Waals surface area contributed by atoms with Gasteiger partial charge in [-0.15, -0.1) is 0 Å². The van der Waals surface area contributed by atoms with Gasteiger partial charge in [0.25, 0.3) is 5.91 Å². The molecule has 0 bridgehead atoms. The van der Waals surface area contributed by atoms with Crippen molar-refractivity contribution in [3.8, 4) is 0 Å². The Kier molecular flexibility index (Phi) is 11.9. The van der Waals surface area contributed by atoms with E-state index in [0.29, 0.717) is 18.5 Å². The molecule has 1 heterocycles. The fourth-order valence-electron chi connectivity index (χ4n) is 5.63. The van der Waals surface area contributed by atoms with Gasteiger partial charge < -0.3 is 31.5 Å². The van der Waals surface area contributed by atoms with Crippen LogP contribution in [0.1, 0.15) is 71.9 Å². The van der Waals surface area contributed by atoms with Crippen LogP contribution in [-0.4, -0.2) is 90.4 Å². The SMILES string of the molecule is CC(C)C1CCN(C(=O)C(N)C(C)(C)C)C1C(=O)NC(CC1CC1)C(=O)C(=O)NCC(=O)N[C@H](C(=O)N(C)C)c1ccccc1. The molecule has 45 heavy (non-hydrogen) atoms. The number of carbonyl (C=O) groups is 6. The Morgan fingerprint density at radius 1 is 0.978 bits per heavy atom. The van der Waals surface area contributed by atoms with Crippen molar-refractivity contribution in [3.05, 3.63) is 35.9 Å². The second-order valence-electron chi connectivity index (χ2n) is 13.9. The van der Waals surface area contributed by atoms with Crippen molar-refractivity contribution in [2.45, 2.75) is 84.5 Å². The van der Waals surface area contributed by atoms with Crippen LogP contribution >= 0.6 is 0 Å². The smallest absolute Gasteiger partial charge is 0.290 e. The fraction of sp³-hybridized carbons (Fsp3) is 0.636. The molecule has 1 aromatic carbocycles. The quantitative estimate of drug-likeness (QED) is 0.238. The molecule has 1 aliphatic carbocycles. The van der Waals surface area contributed by atoms with E-state index >= 15 is 0 Å². The average molecular weight is 627 g/mol. The van der Waals surface area contributed by atoms with E-state index in [1.807, 2.05) is 34.6 Å². The first kappa shape index (κ1) is 35.7. The molecule has 4 unspecified atom stereocenters. The molecule has 5 atom stereocenters. The minimum atomic E-state index is -1.11. The zero-order valence-corrected chi connectivity index (χ0v) is 27.6. The molecule has 2 aliphatic rings. The lowest BCUT2D eigenvalue weighted by atomic mass is 9.85. The van der Waals surface area contributed by atoms with Gasteiger partial charge in [-0.1, -0.05) is 77.8 Å². The van der Waals surface area contributed by atoms with Crippen molar-refractivity contribution in [2.24, 2.45) is 28.9 Å². The maximum Gasteiger partial charge on any atom is 0.290 e. The van der Waals surface area contributed by atoms with Crippen LogP contribution < -0.4 is 21.7 Å². The van der Waals surface area contributed by atoms with Crippen molar-refractivity contribution in [1.29, 1.82) is 0 Å². The largest absolute Gasteiger partial charge is 0.347 e. The number of benzene rings is 1. The molecule has 1 saturated carbocycles. The summed E-state index contributed by atoms with van der Waals surface area (Å²) in [7, 11) is 3.14. The number of rotatable bonds is 13. The van der Waals surface area contributed by atoms with Gasteiger partial charge in [0.15, 0.2) is 0 Å². The molecule has 248 valence electrons. The third-order valence-electron chi connectivity index (χ3n) is 8.71. The van der Waals surface area contributed by atoms with Gasteiger partial charge >= 0.3 is 0 Å². The number of ketones is 1. The average Bonchev–Trinajstić information content (AvgIpc) is 3.69. The number of hydrogen-bond acceptors (Lipinski definition) is 7. The lowest BCUT2D eigenvalue weighted by Crippen LogP contribution is -2.58. The molecule has 1 saturated heterocycles. The van der Waals surface area contributed by atoms with Crippen LogP contribution in [0.5, 0.6) is 0 Å². The Labute approximate surface area is 266 Å². The number of likely N-dealkylation sites (N-methyl/N-ethyl adjacent to an activating group) is 1. The predicted molar refractivity (Wildman–Crippen MR) is 169 cm³/mol. The zero-order valence-electron chi connectivity index (χ0n) is 27.6. The summed E-state index contributed by atoms with van der Waals surface area (Å²) in [5.74, 6) is -3.56. The normalized spacial score (nSPS) is 20.2. The van der Waals surface area contributed by atoms with Gasteiger partial charge in [0.05, 0.1) is 18.6 Å². The summed E-state index contributed by atoms with van der Waals surface area (Å²) in [6.07, 6.45) is 2.67. The van der Waals surface area contributed by atoms with Crippen LogP contribution in [0, 0.1) is 23.2 Å². The Hall–Kier alpha value is -3.80. The van der Waals surface area contributed by atoms with Gasteiger partial charge in [0.1, 0.15) is 12.1 Å². The summed E-state index contributed by atoms with van der Waals surface area (Å²) >= 11 is 0. The number of carbonyl (C=O) groups excluding carboxylic acids is 6. The number of hydrogen-bond donors (Lipinski definition) is 4. The Morgan fingerprint density at radius 2 is 1.60 bits per heavy atom. The van der Waals surface area contributed by atoms with E-state index in [1.165, 1.54) is 9.80 Å². The van der Waals surface area contributed by atoms with Crippen LogP contribution in [0.25, 0.3) is 0 Å². The first-order chi connectivity index (χ1) is 21.0. The molecule has 2 fully saturated rings. The second-order valence-corrected chi connectivity index (χ2v) is 13.9. The standard InChI is InChI=1S/C33H50N6O6/c1-19(2)22-15-16-39(32(45)28(34)33(3,4)5)26(22)29(42)36-23(17-20-13-14-20)27(41)30(43)35-18-24(40)37-25(31(44)38(6)7)21-11-9-8-10-12-21/h8-12,19-20,22-23,25-26,28H,13-18,34H2,1-7H3,(H,35,43)(H,36,42)(H,37,40)/t22?,23?,25-,26?,28?/m0/s1. The van der Waals surface area contributed by atoms with Crippen LogP contribution in [0.3, 0.4) is 0 Å². The van der Waals surface area contributed by atoms with E-state index in [0.717, 1.165) is 12.8 Å². The van der Waals surface area contributed by atoms with Crippen molar-refractivity contribution in [3.63, 3.8) is 0 Å². The summed E-state index contributed by atoms with van der Waals surface area (Å²) in [4.78, 5) is 82.0. The molecule has 0 aromatic heterocycles. The Morgan fingerprint density at radius 3 is 2.13 bits per heavy atom. The predicted octanol–water partition coefficient (Wildman–Crippen LogP) is 1.15. The molecule has 12 heteroatoms. The number of amides is 5. The van der Waals surface area contributed by atoms with Gasteiger partial charge in [-0.05, 0) is 41.6 Å². The van der Waals surface area contributed by atoms with Crippen molar-refractivity contribution in [1.82, 2.24) is 25.8 Å². The molecule has 1 aliphatic heterocycles. The van der Waals surface area contributed by atoms with Crippen molar-refractivity contribution < 1.29 is 28.8 Å². The zero-order chi connectivity index (χ0) is 33.6. The minimum absolute atomic E-state index is 0.0860. The molecule has 1 aromatic rings. The van der Waals surface area contributed by atoms with Crippen molar-refractivity contribution in [2.75, 3.05) is 27.2 Å². The van der Waals surface area contributed by atoms with Gasteiger partial charge in [-0.3, -0.25) is 28.8 Å². The van der Waals surface area contributed by atoms with Gasteiger partial charge in [0, 0.05) is 20.6 Å². The molecule has 5 amide bonds. The summed E-state index contributed by atoms with van der Waals surface area (Å²) < 4.78 is 0. The third-order valence-corrected chi connectivity index (χ3v) is 8.71. The summed E-state index contributed by atoms with van der Waals surface area (Å²) in [6, 6.07) is 4.98. The van der Waals surface area contributed by atoms with Crippen LogP contribution in [0.15, 0.2) is 30.3 Å². The monoisotopic (exact) mass is 626 g/mol. The number of nitrogens with two attached hydrogens (primary N) is 1. The molecule has 0 spiro atoms. The topological polar surface area (TPSA) is 171 Å². The van der Waals surface area contributed by atoms with Gasteiger partial charge in [-0.2, -0.15) is 0 Å². The maximum atomic E-state index is 13.8. The second kappa shape index (κ2) is 15.0. The third kappa shape index (κ3) is 9.35. The first-order valence-electron chi connectivity index (χ1n) is 15.8. The van der Waals surface area contributed by atoms with E-state index in [9.17, 15) is 28.8 Å². The number of likely N-dealkylation sites (tertiary alicyclic amines) is 1. The lowest BCUT2D eigenvalue weighted by molar-refractivity contribution is -0.144. The number of nitrogens with zero attached hydrogens (tertiary/aromatic N) is 2. The van der Waals surface area contributed by atoms with E-state index < -0.39 is 59.6 Å². The van der Waals surface area contributed by atoms with Gasteiger partial charge in [-0.25, -0.2) is 0 Å².